The monoisotopic (exact) mass is 259 g/mol. The van der Waals surface area contributed by atoms with Crippen molar-refractivity contribution in [1.29, 1.82) is 0 Å². The Morgan fingerprint density at radius 3 is 2.89 bits per heavy atom. The Morgan fingerprint density at radius 1 is 1.47 bits per heavy atom. The summed E-state index contributed by atoms with van der Waals surface area (Å²) in [5.74, 6) is 0.842. The van der Waals surface area contributed by atoms with Gasteiger partial charge in [-0.15, -0.1) is 0 Å². The Morgan fingerprint density at radius 2 is 2.26 bits per heavy atom. The summed E-state index contributed by atoms with van der Waals surface area (Å²) < 4.78 is 5.10. The number of carbonyl (C=O) groups is 1. The van der Waals surface area contributed by atoms with Crippen LogP contribution in [0.2, 0.25) is 0 Å². The molecule has 5 nitrogen and oxygen atoms in total. The molecule has 2 aromatic rings. The average molecular weight is 259 g/mol. The smallest absolute Gasteiger partial charge is 0.215 e. The number of pyridine rings is 2. The van der Waals surface area contributed by atoms with Crippen molar-refractivity contribution in [3.05, 3.63) is 23.9 Å². The van der Waals surface area contributed by atoms with E-state index in [4.69, 9.17) is 4.74 Å². The Hall–Kier alpha value is -2.17. The van der Waals surface area contributed by atoms with Gasteiger partial charge in [0.05, 0.1) is 19.0 Å². The van der Waals surface area contributed by atoms with E-state index in [-0.39, 0.29) is 0 Å². The number of hydrogen-bond donors (Lipinski definition) is 1. The van der Waals surface area contributed by atoms with Crippen LogP contribution in [-0.2, 0) is 4.79 Å². The molecule has 0 bridgehead atoms. The minimum atomic E-state index is 0.308. The molecular formula is C14H17N3O2. The van der Waals surface area contributed by atoms with Crippen LogP contribution in [0.1, 0.15) is 31.7 Å². The number of aromatic nitrogens is 2. The zero-order chi connectivity index (χ0) is 13.8. The van der Waals surface area contributed by atoms with Gasteiger partial charge in [-0.2, -0.15) is 4.98 Å². The minimum absolute atomic E-state index is 0.308. The summed E-state index contributed by atoms with van der Waals surface area (Å²) in [5.41, 5.74) is 2.43. The van der Waals surface area contributed by atoms with E-state index in [0.29, 0.717) is 23.9 Å². The van der Waals surface area contributed by atoms with Gasteiger partial charge in [0.15, 0.2) is 5.65 Å². The largest absolute Gasteiger partial charge is 0.481 e. The SMILES string of the molecule is CCC(C)c1c(NC=O)cnc2nc(OC)ccc12. The third kappa shape index (κ3) is 2.50. The lowest BCUT2D eigenvalue weighted by Crippen LogP contribution is -2.04. The zero-order valence-electron chi connectivity index (χ0n) is 11.3. The molecule has 19 heavy (non-hydrogen) atoms. The summed E-state index contributed by atoms with van der Waals surface area (Å²) >= 11 is 0. The molecule has 2 aromatic heterocycles. The second-order valence-electron chi connectivity index (χ2n) is 4.38. The molecule has 0 aliphatic carbocycles. The maximum Gasteiger partial charge on any atom is 0.215 e. The van der Waals surface area contributed by atoms with Crippen LogP contribution < -0.4 is 10.1 Å². The fourth-order valence-electron chi connectivity index (χ4n) is 2.11. The molecule has 0 aliphatic rings. The van der Waals surface area contributed by atoms with Gasteiger partial charge in [-0.05, 0) is 24.0 Å². The molecule has 1 amide bonds. The van der Waals surface area contributed by atoms with Gasteiger partial charge >= 0.3 is 0 Å². The number of rotatable bonds is 5. The molecule has 5 heteroatoms. The van der Waals surface area contributed by atoms with Crippen LogP contribution in [0.4, 0.5) is 5.69 Å². The third-order valence-electron chi connectivity index (χ3n) is 3.27. The number of anilines is 1. The number of nitrogens with zero attached hydrogens (tertiary/aromatic N) is 2. The van der Waals surface area contributed by atoms with Crippen LogP contribution >= 0.6 is 0 Å². The van der Waals surface area contributed by atoms with E-state index >= 15 is 0 Å². The minimum Gasteiger partial charge on any atom is -0.481 e. The molecular weight excluding hydrogens is 242 g/mol. The number of hydrogen-bond acceptors (Lipinski definition) is 4. The Labute approximate surface area is 112 Å². The molecule has 0 saturated carbocycles. The highest BCUT2D eigenvalue weighted by molar-refractivity contribution is 5.88. The van der Waals surface area contributed by atoms with E-state index in [1.54, 1.807) is 19.4 Å². The molecule has 0 radical (unpaired) electrons. The van der Waals surface area contributed by atoms with Crippen molar-refractivity contribution < 1.29 is 9.53 Å². The van der Waals surface area contributed by atoms with Crippen LogP contribution in [0.5, 0.6) is 5.88 Å². The van der Waals surface area contributed by atoms with Crippen molar-refractivity contribution in [2.24, 2.45) is 0 Å². The molecule has 100 valence electrons. The van der Waals surface area contributed by atoms with E-state index in [0.717, 1.165) is 23.1 Å². The number of nitrogens with one attached hydrogen (secondary N) is 1. The molecule has 1 N–H and O–H groups in total. The topological polar surface area (TPSA) is 64.1 Å². The molecule has 2 rings (SSSR count). The fourth-order valence-corrected chi connectivity index (χ4v) is 2.11. The predicted octanol–water partition coefficient (Wildman–Crippen LogP) is 2.72. The van der Waals surface area contributed by atoms with Gasteiger partial charge in [-0.25, -0.2) is 4.98 Å². The highest BCUT2D eigenvalue weighted by Gasteiger charge is 2.15. The van der Waals surface area contributed by atoms with E-state index in [1.807, 2.05) is 6.07 Å². The average Bonchev–Trinajstić information content (AvgIpc) is 2.46. The lowest BCUT2D eigenvalue weighted by Gasteiger charge is -2.16. The van der Waals surface area contributed by atoms with Crippen LogP contribution in [0.25, 0.3) is 11.0 Å². The summed E-state index contributed by atoms with van der Waals surface area (Å²) in [7, 11) is 1.58. The number of methoxy groups -OCH3 is 1. The maximum absolute atomic E-state index is 10.7. The molecule has 2 heterocycles. The van der Waals surface area contributed by atoms with E-state index in [9.17, 15) is 4.79 Å². The Kier molecular flexibility index (Phi) is 3.94. The van der Waals surface area contributed by atoms with Crippen LogP contribution in [0.15, 0.2) is 18.3 Å². The van der Waals surface area contributed by atoms with E-state index < -0.39 is 0 Å². The second kappa shape index (κ2) is 5.65. The zero-order valence-corrected chi connectivity index (χ0v) is 11.3. The molecule has 0 aromatic carbocycles. The lowest BCUT2D eigenvalue weighted by molar-refractivity contribution is -0.105. The fraction of sp³-hybridized carbons (Fsp3) is 0.357. The Balaban J connectivity index is 2.68. The van der Waals surface area contributed by atoms with E-state index in [2.05, 4.69) is 29.1 Å². The van der Waals surface area contributed by atoms with Crippen LogP contribution in [-0.4, -0.2) is 23.5 Å². The van der Waals surface area contributed by atoms with Gasteiger partial charge in [0.25, 0.3) is 0 Å². The van der Waals surface area contributed by atoms with Crippen molar-refractivity contribution in [2.45, 2.75) is 26.2 Å². The summed E-state index contributed by atoms with van der Waals surface area (Å²) in [4.78, 5) is 19.3. The number of carbonyl (C=O) groups excluding carboxylic acids is 1. The van der Waals surface area contributed by atoms with Crippen molar-refractivity contribution in [1.82, 2.24) is 9.97 Å². The van der Waals surface area contributed by atoms with Crippen molar-refractivity contribution in [2.75, 3.05) is 12.4 Å². The van der Waals surface area contributed by atoms with Crippen LogP contribution in [0, 0.1) is 0 Å². The summed E-state index contributed by atoms with van der Waals surface area (Å²) in [6, 6.07) is 3.74. The van der Waals surface area contributed by atoms with Gasteiger partial charge in [-0.1, -0.05) is 13.8 Å². The normalized spacial score (nSPS) is 12.2. The van der Waals surface area contributed by atoms with Crippen LogP contribution in [0.3, 0.4) is 0 Å². The standard InChI is InChI=1S/C14H17N3O2/c1-4-9(2)13-10-5-6-12(19-3)17-14(10)15-7-11(13)16-8-18/h5-9H,4H2,1-3H3,(H,16,18). The lowest BCUT2D eigenvalue weighted by atomic mass is 9.94. The second-order valence-corrected chi connectivity index (χ2v) is 4.38. The highest BCUT2D eigenvalue weighted by atomic mass is 16.5. The number of amides is 1. The first-order chi connectivity index (χ1) is 9.21. The summed E-state index contributed by atoms with van der Waals surface area (Å²) in [6.07, 6.45) is 3.29. The number of fused-ring (bicyclic) bond motifs is 1. The first-order valence-electron chi connectivity index (χ1n) is 6.25. The first kappa shape index (κ1) is 13.3. The molecule has 0 saturated heterocycles. The molecule has 0 aliphatic heterocycles. The predicted molar refractivity (Wildman–Crippen MR) is 74.5 cm³/mol. The highest BCUT2D eigenvalue weighted by Crippen LogP contribution is 2.32. The number of ether oxygens (including phenoxy) is 1. The van der Waals surface area contributed by atoms with Crippen molar-refractivity contribution >= 4 is 23.1 Å². The van der Waals surface area contributed by atoms with Gasteiger partial charge in [0.1, 0.15) is 0 Å². The van der Waals surface area contributed by atoms with Gasteiger partial charge in [-0.3, -0.25) is 4.79 Å². The third-order valence-corrected chi connectivity index (χ3v) is 3.27. The van der Waals surface area contributed by atoms with Crippen molar-refractivity contribution in [3.8, 4) is 5.88 Å². The van der Waals surface area contributed by atoms with E-state index in [1.165, 1.54) is 0 Å². The molecule has 1 atom stereocenters. The van der Waals surface area contributed by atoms with Gasteiger partial charge in [0.2, 0.25) is 12.3 Å². The quantitative estimate of drug-likeness (QED) is 0.838. The molecule has 0 fully saturated rings. The first-order valence-corrected chi connectivity index (χ1v) is 6.25. The maximum atomic E-state index is 10.7. The molecule has 0 spiro atoms. The summed E-state index contributed by atoms with van der Waals surface area (Å²) in [5, 5.41) is 3.66. The Bertz CT molecular complexity index is 599. The van der Waals surface area contributed by atoms with Crippen molar-refractivity contribution in [3.63, 3.8) is 0 Å². The molecule has 1 unspecified atom stereocenters. The van der Waals surface area contributed by atoms with Gasteiger partial charge < -0.3 is 10.1 Å². The van der Waals surface area contributed by atoms with Gasteiger partial charge in [0, 0.05) is 11.5 Å². The summed E-state index contributed by atoms with van der Waals surface area (Å²) in [6.45, 7) is 4.23.